The third kappa shape index (κ3) is 2.90. The molecule has 0 saturated carbocycles. The zero-order valence-corrected chi connectivity index (χ0v) is 8.95. The second-order valence-electron chi connectivity index (χ2n) is 3.67. The van der Waals surface area contributed by atoms with Crippen LogP contribution in [0.1, 0.15) is 25.4 Å². The van der Waals surface area contributed by atoms with E-state index in [1.165, 1.54) is 0 Å². The van der Waals surface area contributed by atoms with Crippen LogP contribution in [0.25, 0.3) is 0 Å². The van der Waals surface area contributed by atoms with E-state index in [2.05, 4.69) is 24.8 Å². The van der Waals surface area contributed by atoms with E-state index in [9.17, 15) is 0 Å². The van der Waals surface area contributed by atoms with E-state index in [0.717, 1.165) is 11.5 Å². The van der Waals surface area contributed by atoms with E-state index in [0.29, 0.717) is 19.1 Å². The predicted octanol–water partition coefficient (Wildman–Crippen LogP) is 2.32. The molecule has 1 heterocycles. The largest absolute Gasteiger partial charge is 0.465 e. The Bertz CT molecular complexity index is 322. The molecule has 0 N–H and O–H groups in total. The summed E-state index contributed by atoms with van der Waals surface area (Å²) in [5, 5.41) is 8.65. The molecule has 0 aromatic carbocycles. The zero-order chi connectivity index (χ0) is 10.6. The Labute approximate surface area is 84.9 Å². The van der Waals surface area contributed by atoms with E-state index in [4.69, 9.17) is 9.68 Å². The first kappa shape index (κ1) is 10.8. The van der Waals surface area contributed by atoms with Gasteiger partial charge in [0, 0.05) is 6.04 Å². The summed E-state index contributed by atoms with van der Waals surface area (Å²) in [5.41, 5.74) is 0. The summed E-state index contributed by atoms with van der Waals surface area (Å²) in [7, 11) is 0. The highest BCUT2D eigenvalue weighted by Crippen LogP contribution is 2.11. The van der Waals surface area contributed by atoms with Crippen molar-refractivity contribution in [2.75, 3.05) is 6.54 Å². The monoisotopic (exact) mass is 192 g/mol. The highest BCUT2D eigenvalue weighted by atomic mass is 16.3. The van der Waals surface area contributed by atoms with Crippen LogP contribution in [0, 0.1) is 18.3 Å². The minimum atomic E-state index is 0.361. The van der Waals surface area contributed by atoms with Gasteiger partial charge in [-0.05, 0) is 32.9 Å². The van der Waals surface area contributed by atoms with Crippen molar-refractivity contribution < 1.29 is 4.42 Å². The lowest BCUT2D eigenvalue weighted by Crippen LogP contribution is -2.30. The Hall–Kier alpha value is -1.27. The Morgan fingerprint density at radius 1 is 1.50 bits per heavy atom. The van der Waals surface area contributed by atoms with Gasteiger partial charge >= 0.3 is 0 Å². The molecule has 0 aliphatic rings. The molecule has 1 aromatic heterocycles. The number of nitriles is 1. The third-order valence-electron chi connectivity index (χ3n) is 2.16. The van der Waals surface area contributed by atoms with Crippen LogP contribution in [0.4, 0.5) is 0 Å². The normalized spacial score (nSPS) is 10.9. The average Bonchev–Trinajstić information content (AvgIpc) is 2.50. The molecule has 0 amide bonds. The molecule has 0 unspecified atom stereocenters. The van der Waals surface area contributed by atoms with Crippen LogP contribution in [0.15, 0.2) is 16.5 Å². The molecular formula is C11H16N2O. The van der Waals surface area contributed by atoms with Crippen molar-refractivity contribution in [3.63, 3.8) is 0 Å². The Morgan fingerprint density at radius 2 is 2.21 bits per heavy atom. The van der Waals surface area contributed by atoms with Gasteiger partial charge in [-0.2, -0.15) is 5.26 Å². The molecule has 0 fully saturated rings. The number of hydrogen-bond donors (Lipinski definition) is 0. The lowest BCUT2D eigenvalue weighted by atomic mass is 10.3. The smallest absolute Gasteiger partial charge is 0.118 e. The maximum Gasteiger partial charge on any atom is 0.118 e. The van der Waals surface area contributed by atoms with Gasteiger partial charge in [0.25, 0.3) is 0 Å². The van der Waals surface area contributed by atoms with Crippen LogP contribution < -0.4 is 0 Å². The number of nitrogens with zero attached hydrogens (tertiary/aromatic N) is 2. The summed E-state index contributed by atoms with van der Waals surface area (Å²) in [6.07, 6.45) is 0. The van der Waals surface area contributed by atoms with Gasteiger partial charge in [-0.1, -0.05) is 0 Å². The molecule has 0 bridgehead atoms. The van der Waals surface area contributed by atoms with Crippen molar-refractivity contribution in [3.8, 4) is 6.07 Å². The first-order valence-corrected chi connectivity index (χ1v) is 4.80. The Balaban J connectivity index is 2.60. The molecule has 0 radical (unpaired) electrons. The fourth-order valence-electron chi connectivity index (χ4n) is 1.28. The van der Waals surface area contributed by atoms with Gasteiger partial charge in [-0.15, -0.1) is 0 Å². The molecule has 0 atom stereocenters. The fourth-order valence-corrected chi connectivity index (χ4v) is 1.28. The van der Waals surface area contributed by atoms with Crippen LogP contribution in [0.5, 0.6) is 0 Å². The lowest BCUT2D eigenvalue weighted by Gasteiger charge is -2.21. The molecule has 76 valence electrons. The molecule has 0 aliphatic carbocycles. The van der Waals surface area contributed by atoms with Gasteiger partial charge in [-0.3, -0.25) is 4.90 Å². The van der Waals surface area contributed by atoms with Gasteiger partial charge in [0.1, 0.15) is 11.5 Å². The molecule has 0 aliphatic heterocycles. The highest BCUT2D eigenvalue weighted by molar-refractivity contribution is 5.05. The standard InChI is InChI=1S/C11H16N2O/c1-9(2)13(7-6-12)8-11-5-4-10(3)14-11/h4-5,9H,7-8H2,1-3H3. The van der Waals surface area contributed by atoms with E-state index in [1.807, 2.05) is 19.1 Å². The lowest BCUT2D eigenvalue weighted by molar-refractivity contribution is 0.219. The molecule has 14 heavy (non-hydrogen) atoms. The van der Waals surface area contributed by atoms with Crippen LogP contribution in [0.3, 0.4) is 0 Å². The Morgan fingerprint density at radius 3 is 2.64 bits per heavy atom. The maximum atomic E-state index is 8.65. The van der Waals surface area contributed by atoms with Gasteiger partial charge in [-0.25, -0.2) is 0 Å². The summed E-state index contributed by atoms with van der Waals surface area (Å²) in [6, 6.07) is 6.43. The molecule has 3 heteroatoms. The third-order valence-corrected chi connectivity index (χ3v) is 2.16. The number of hydrogen-bond acceptors (Lipinski definition) is 3. The van der Waals surface area contributed by atoms with Gasteiger partial charge in [0.15, 0.2) is 0 Å². The van der Waals surface area contributed by atoms with Crippen LogP contribution in [-0.4, -0.2) is 17.5 Å². The van der Waals surface area contributed by atoms with Crippen LogP contribution in [-0.2, 0) is 6.54 Å². The summed E-state index contributed by atoms with van der Waals surface area (Å²) >= 11 is 0. The molecule has 0 saturated heterocycles. The maximum absolute atomic E-state index is 8.65. The van der Waals surface area contributed by atoms with Crippen LogP contribution >= 0.6 is 0 Å². The van der Waals surface area contributed by atoms with E-state index >= 15 is 0 Å². The van der Waals surface area contributed by atoms with E-state index in [-0.39, 0.29) is 0 Å². The van der Waals surface area contributed by atoms with Gasteiger partial charge < -0.3 is 4.42 Å². The minimum absolute atomic E-state index is 0.361. The average molecular weight is 192 g/mol. The van der Waals surface area contributed by atoms with Gasteiger partial charge in [0.2, 0.25) is 0 Å². The van der Waals surface area contributed by atoms with Crippen molar-refractivity contribution in [2.24, 2.45) is 0 Å². The van der Waals surface area contributed by atoms with Gasteiger partial charge in [0.05, 0.1) is 19.2 Å². The highest BCUT2D eigenvalue weighted by Gasteiger charge is 2.11. The summed E-state index contributed by atoms with van der Waals surface area (Å²) < 4.78 is 5.46. The van der Waals surface area contributed by atoms with Crippen molar-refractivity contribution in [2.45, 2.75) is 33.4 Å². The SMILES string of the molecule is Cc1ccc(CN(CC#N)C(C)C)o1. The van der Waals surface area contributed by atoms with E-state index in [1.54, 1.807) is 0 Å². The molecular weight excluding hydrogens is 176 g/mol. The molecule has 0 spiro atoms. The fraction of sp³-hybridized carbons (Fsp3) is 0.545. The second kappa shape index (κ2) is 4.83. The Kier molecular flexibility index (Phi) is 3.73. The van der Waals surface area contributed by atoms with Crippen molar-refractivity contribution >= 4 is 0 Å². The van der Waals surface area contributed by atoms with Crippen molar-refractivity contribution in [3.05, 3.63) is 23.7 Å². The summed E-state index contributed by atoms with van der Waals surface area (Å²) in [6.45, 7) is 7.23. The zero-order valence-electron chi connectivity index (χ0n) is 8.95. The summed E-state index contributed by atoms with van der Waals surface area (Å²) in [5.74, 6) is 1.84. The number of rotatable bonds is 4. The number of furan rings is 1. The molecule has 1 aromatic rings. The number of aryl methyl sites for hydroxylation is 1. The molecule has 1 rings (SSSR count). The van der Waals surface area contributed by atoms with Crippen molar-refractivity contribution in [1.82, 2.24) is 4.90 Å². The molecule has 3 nitrogen and oxygen atoms in total. The predicted molar refractivity (Wildman–Crippen MR) is 54.6 cm³/mol. The van der Waals surface area contributed by atoms with Crippen LogP contribution in [0.2, 0.25) is 0 Å². The van der Waals surface area contributed by atoms with Crippen molar-refractivity contribution in [1.29, 1.82) is 5.26 Å². The first-order chi connectivity index (χ1) is 6.63. The minimum Gasteiger partial charge on any atom is -0.465 e. The quantitative estimate of drug-likeness (QED) is 0.687. The van der Waals surface area contributed by atoms with E-state index < -0.39 is 0 Å². The summed E-state index contributed by atoms with van der Waals surface area (Å²) in [4.78, 5) is 2.07. The first-order valence-electron chi connectivity index (χ1n) is 4.80. The topological polar surface area (TPSA) is 40.2 Å². The second-order valence-corrected chi connectivity index (χ2v) is 3.67.